The van der Waals surface area contributed by atoms with Crippen LogP contribution in [0.2, 0.25) is 0 Å². The van der Waals surface area contributed by atoms with Crippen molar-refractivity contribution in [3.8, 4) is 5.75 Å². The number of aromatic nitrogens is 1. The number of nitrogens with zero attached hydrogens (tertiary/aromatic N) is 2. The number of amides is 3. The second-order valence-electron chi connectivity index (χ2n) is 14.1. The molecule has 2 saturated carbocycles. The van der Waals surface area contributed by atoms with Crippen LogP contribution in [0.15, 0.2) is 79.0 Å². The Labute approximate surface area is 286 Å². The molecule has 0 spiro atoms. The summed E-state index contributed by atoms with van der Waals surface area (Å²) in [7, 11) is -3.93. The summed E-state index contributed by atoms with van der Waals surface area (Å²) < 4.78 is 34.0. The predicted molar refractivity (Wildman–Crippen MR) is 186 cm³/mol. The molecule has 0 bridgehead atoms. The van der Waals surface area contributed by atoms with Gasteiger partial charge in [0.2, 0.25) is 21.8 Å². The molecule has 3 aromatic rings. The number of pyridine rings is 1. The molecule has 3 fully saturated rings. The van der Waals surface area contributed by atoms with Crippen LogP contribution in [0.25, 0.3) is 10.9 Å². The largest absolute Gasteiger partial charge is 0.488 e. The highest BCUT2D eigenvalue weighted by Crippen LogP contribution is 2.47. The number of allylic oxidation sites excluding steroid dienone is 1. The van der Waals surface area contributed by atoms with Gasteiger partial charge in [-0.25, -0.2) is 8.42 Å². The number of fused-ring (bicyclic) bond motifs is 3. The van der Waals surface area contributed by atoms with Crippen molar-refractivity contribution in [3.63, 3.8) is 0 Å². The van der Waals surface area contributed by atoms with E-state index in [9.17, 15) is 22.8 Å². The summed E-state index contributed by atoms with van der Waals surface area (Å²) in [6, 6.07) is 17.4. The van der Waals surface area contributed by atoms with Gasteiger partial charge in [0.15, 0.2) is 0 Å². The number of benzene rings is 2. The number of ether oxygens (including phenoxy) is 1. The maximum atomic E-state index is 14.5. The van der Waals surface area contributed by atoms with Crippen LogP contribution in [0.1, 0.15) is 64.7 Å². The zero-order chi connectivity index (χ0) is 34.2. The minimum atomic E-state index is -3.93. The number of hydrogen-bond acceptors (Lipinski definition) is 8. The Morgan fingerprint density at radius 1 is 1.02 bits per heavy atom. The monoisotopic (exact) mass is 685 g/mol. The summed E-state index contributed by atoms with van der Waals surface area (Å²) in [6.07, 6.45) is 10.5. The van der Waals surface area contributed by atoms with Crippen LogP contribution in [-0.4, -0.2) is 71.0 Å². The number of nitrogens with one attached hydrogen (secondary N) is 3. The molecule has 11 nitrogen and oxygen atoms in total. The Kier molecular flexibility index (Phi) is 8.85. The third-order valence-electron chi connectivity index (χ3n) is 10.5. The van der Waals surface area contributed by atoms with E-state index in [1.54, 1.807) is 24.1 Å². The van der Waals surface area contributed by atoms with E-state index in [0.717, 1.165) is 42.3 Å². The molecule has 3 heterocycles. The normalized spacial score (nSPS) is 29.0. The Bertz CT molecular complexity index is 1870. The molecule has 3 amide bonds. The first-order valence-electron chi connectivity index (χ1n) is 17.3. The minimum absolute atomic E-state index is 0.163. The minimum Gasteiger partial charge on any atom is -0.488 e. The summed E-state index contributed by atoms with van der Waals surface area (Å²) in [6.45, 7) is 1.78. The summed E-state index contributed by atoms with van der Waals surface area (Å²) in [4.78, 5) is 48.6. The molecule has 7 rings (SSSR count). The second-order valence-corrected chi connectivity index (χ2v) is 16.3. The number of hydrogen-bond donors (Lipinski definition) is 3. The topological polar surface area (TPSA) is 147 Å². The van der Waals surface area contributed by atoms with Gasteiger partial charge in [0.05, 0.1) is 16.8 Å². The molecule has 2 aliphatic carbocycles. The van der Waals surface area contributed by atoms with Crippen LogP contribution >= 0.6 is 0 Å². The lowest BCUT2D eigenvalue weighted by molar-refractivity contribution is -0.140. The van der Waals surface area contributed by atoms with Gasteiger partial charge >= 0.3 is 0 Å². The Morgan fingerprint density at radius 2 is 1.80 bits per heavy atom. The Morgan fingerprint density at radius 3 is 2.59 bits per heavy atom. The lowest BCUT2D eigenvalue weighted by Gasteiger charge is -2.30. The first-order chi connectivity index (χ1) is 23.6. The van der Waals surface area contributed by atoms with Crippen LogP contribution < -0.4 is 20.1 Å². The van der Waals surface area contributed by atoms with Crippen molar-refractivity contribution < 1.29 is 27.5 Å². The molecule has 0 radical (unpaired) electrons. The molecule has 1 aromatic heterocycles. The van der Waals surface area contributed by atoms with Crippen molar-refractivity contribution in [3.05, 3.63) is 79.0 Å². The van der Waals surface area contributed by atoms with E-state index in [4.69, 9.17) is 4.74 Å². The number of para-hydroxylation sites is 2. The molecule has 12 heteroatoms. The van der Waals surface area contributed by atoms with Crippen LogP contribution in [0, 0.1) is 5.92 Å². The van der Waals surface area contributed by atoms with Gasteiger partial charge in [0.25, 0.3) is 5.91 Å². The van der Waals surface area contributed by atoms with E-state index < -0.39 is 50.3 Å². The van der Waals surface area contributed by atoms with Gasteiger partial charge in [-0.15, -0.1) is 0 Å². The average Bonchev–Trinajstić information content (AvgIpc) is 3.97. The summed E-state index contributed by atoms with van der Waals surface area (Å²) >= 11 is 0. The van der Waals surface area contributed by atoms with Crippen molar-refractivity contribution in [1.29, 1.82) is 0 Å². The second kappa shape index (κ2) is 13.1. The molecular formula is C37H43N5O6S. The fraction of sp³-hybridized carbons (Fsp3) is 0.459. The third kappa shape index (κ3) is 6.75. The van der Waals surface area contributed by atoms with Crippen LogP contribution in [0.3, 0.4) is 0 Å². The SMILES string of the molecule is CC1(S(=O)(=O)NC(=O)[C@@]23C[C@H]2/C=C\CCCCC[C@H](Nc2ccccc2)C(=O)N2C[C@H](Oc4ccnc5ccccc45)C[C@H]2C(=O)N3)CC1. The van der Waals surface area contributed by atoms with E-state index in [1.807, 2.05) is 66.7 Å². The quantitative estimate of drug-likeness (QED) is 0.309. The van der Waals surface area contributed by atoms with Gasteiger partial charge in [-0.3, -0.25) is 24.1 Å². The van der Waals surface area contributed by atoms with Crippen molar-refractivity contribution in [1.82, 2.24) is 19.9 Å². The number of rotatable bonds is 7. The Hall–Kier alpha value is -4.45. The highest BCUT2D eigenvalue weighted by Gasteiger charge is 2.63. The Balaban J connectivity index is 1.20. The molecule has 1 saturated heterocycles. The predicted octanol–water partition coefficient (Wildman–Crippen LogP) is 4.46. The highest BCUT2D eigenvalue weighted by atomic mass is 32.2. The molecule has 2 aliphatic heterocycles. The summed E-state index contributed by atoms with van der Waals surface area (Å²) in [5.41, 5.74) is 0.146. The third-order valence-corrected chi connectivity index (χ3v) is 12.7. The highest BCUT2D eigenvalue weighted by molar-refractivity contribution is 7.91. The van der Waals surface area contributed by atoms with Gasteiger partial charge in [-0.05, 0) is 75.8 Å². The van der Waals surface area contributed by atoms with Gasteiger partial charge in [0.1, 0.15) is 29.5 Å². The van der Waals surface area contributed by atoms with Crippen LogP contribution in [0.4, 0.5) is 5.69 Å². The zero-order valence-corrected chi connectivity index (χ0v) is 28.5. The number of anilines is 1. The lowest BCUT2D eigenvalue weighted by atomic mass is 10.0. The molecule has 2 aromatic carbocycles. The molecule has 4 aliphatic rings. The lowest BCUT2D eigenvalue weighted by Crippen LogP contribution is -2.58. The van der Waals surface area contributed by atoms with Gasteiger partial charge in [-0.2, -0.15) is 0 Å². The van der Waals surface area contributed by atoms with E-state index >= 15 is 0 Å². The number of sulfonamides is 1. The van der Waals surface area contributed by atoms with Crippen molar-refractivity contribution in [2.75, 3.05) is 11.9 Å². The van der Waals surface area contributed by atoms with Gasteiger partial charge < -0.3 is 20.3 Å². The van der Waals surface area contributed by atoms with E-state index in [1.165, 1.54) is 0 Å². The molecule has 5 atom stereocenters. The molecule has 3 N–H and O–H groups in total. The van der Waals surface area contributed by atoms with Gasteiger partial charge in [-0.1, -0.05) is 55.3 Å². The smallest absolute Gasteiger partial charge is 0.259 e. The molecule has 258 valence electrons. The first kappa shape index (κ1) is 33.1. The summed E-state index contributed by atoms with van der Waals surface area (Å²) in [5.74, 6) is -1.22. The molecular weight excluding hydrogens is 643 g/mol. The average molecular weight is 686 g/mol. The molecule has 49 heavy (non-hydrogen) atoms. The van der Waals surface area contributed by atoms with Crippen molar-refractivity contribution in [2.45, 2.75) is 93.2 Å². The van der Waals surface area contributed by atoms with Crippen LogP contribution in [-0.2, 0) is 24.4 Å². The number of carbonyl (C=O) groups excluding carboxylic acids is 3. The zero-order valence-electron chi connectivity index (χ0n) is 27.6. The van der Waals surface area contributed by atoms with Crippen LogP contribution in [0.5, 0.6) is 5.75 Å². The van der Waals surface area contributed by atoms with E-state index in [0.29, 0.717) is 25.0 Å². The standard InChI is InChI=1S/C37H43N5O6S/c1-36(19-20-36)49(46,47)41-35(45)37-23-25(37)12-6-3-2-4-9-17-30(39-26-13-7-5-8-14-26)34(44)42-24-27(22-31(42)33(43)40-37)48-32-18-21-38-29-16-11-10-15-28(29)32/h5-8,10-16,18,21,25,27,30-31,39H,2-4,9,17,19-20,22-24H2,1H3,(H,40,43)(H,41,45)/b12-6-/t25-,27-,30+,31+,37-/m1/s1. The fourth-order valence-electron chi connectivity index (χ4n) is 7.03. The maximum absolute atomic E-state index is 14.5. The fourth-order valence-corrected chi connectivity index (χ4v) is 8.35. The van der Waals surface area contributed by atoms with E-state index in [2.05, 4.69) is 20.3 Å². The molecule has 0 unspecified atom stereocenters. The summed E-state index contributed by atoms with van der Waals surface area (Å²) in [5, 5.41) is 7.19. The first-order valence-corrected chi connectivity index (χ1v) is 18.7. The van der Waals surface area contributed by atoms with E-state index in [-0.39, 0.29) is 31.2 Å². The van der Waals surface area contributed by atoms with Gasteiger partial charge in [0, 0.05) is 29.6 Å². The van der Waals surface area contributed by atoms with Crippen molar-refractivity contribution >= 4 is 44.3 Å². The number of carbonyl (C=O) groups is 3. The van der Waals surface area contributed by atoms with Crippen molar-refractivity contribution in [2.24, 2.45) is 5.92 Å². The maximum Gasteiger partial charge on any atom is 0.259 e.